The third kappa shape index (κ3) is 5.04. The average molecular weight is 427 g/mol. The first-order valence-corrected chi connectivity index (χ1v) is 10.4. The van der Waals surface area contributed by atoms with Gasteiger partial charge >= 0.3 is 5.97 Å². The number of ether oxygens (including phenoxy) is 1. The molecule has 0 atom stereocenters. The number of hydrogen-bond acceptors (Lipinski definition) is 5. The maximum atomic E-state index is 13.3. The number of benzene rings is 2. The van der Waals surface area contributed by atoms with Crippen molar-refractivity contribution in [1.82, 2.24) is 0 Å². The van der Waals surface area contributed by atoms with Crippen molar-refractivity contribution in [3.8, 4) is 11.1 Å². The summed E-state index contributed by atoms with van der Waals surface area (Å²) >= 11 is 1.23. The minimum atomic E-state index is -0.532. The number of carbonyl (C=O) groups is 2. The van der Waals surface area contributed by atoms with E-state index >= 15 is 0 Å². The molecule has 0 spiro atoms. The Kier molecular flexibility index (Phi) is 6.84. The van der Waals surface area contributed by atoms with Gasteiger partial charge in [0.1, 0.15) is 16.4 Å². The van der Waals surface area contributed by atoms with Crippen LogP contribution in [0.2, 0.25) is 0 Å². The lowest BCUT2D eigenvalue weighted by Gasteiger charge is -2.11. The molecule has 3 aromatic rings. The summed E-state index contributed by atoms with van der Waals surface area (Å²) < 4.78 is 18.5. The molecule has 0 aliphatic heterocycles. The van der Waals surface area contributed by atoms with E-state index in [0.29, 0.717) is 16.1 Å². The molecular formula is C23H23FN2O3S. The number of esters is 1. The van der Waals surface area contributed by atoms with Gasteiger partial charge in [0.15, 0.2) is 0 Å². The number of halogens is 1. The molecule has 5 nitrogen and oxygen atoms in total. The van der Waals surface area contributed by atoms with Crippen molar-refractivity contribution in [2.45, 2.75) is 20.8 Å². The van der Waals surface area contributed by atoms with Crippen molar-refractivity contribution in [3.63, 3.8) is 0 Å². The van der Waals surface area contributed by atoms with Gasteiger partial charge in [0.05, 0.1) is 13.2 Å². The summed E-state index contributed by atoms with van der Waals surface area (Å²) in [5.74, 6) is -1.18. The summed E-state index contributed by atoms with van der Waals surface area (Å²) in [4.78, 5) is 25.1. The van der Waals surface area contributed by atoms with Crippen molar-refractivity contribution < 1.29 is 18.7 Å². The van der Waals surface area contributed by atoms with Crippen LogP contribution in [0, 0.1) is 19.7 Å². The second-order valence-electron chi connectivity index (χ2n) is 6.78. The van der Waals surface area contributed by atoms with Crippen LogP contribution >= 0.6 is 11.3 Å². The van der Waals surface area contributed by atoms with Gasteiger partial charge in [-0.05, 0) is 61.7 Å². The van der Waals surface area contributed by atoms with E-state index in [1.807, 2.05) is 32.0 Å². The smallest absolute Gasteiger partial charge is 0.341 e. The highest BCUT2D eigenvalue weighted by molar-refractivity contribution is 7.15. The lowest BCUT2D eigenvalue weighted by Crippen LogP contribution is -2.22. The van der Waals surface area contributed by atoms with Crippen molar-refractivity contribution in [2.75, 3.05) is 23.8 Å². The molecule has 30 heavy (non-hydrogen) atoms. The molecule has 0 aliphatic rings. The molecule has 156 valence electrons. The zero-order chi connectivity index (χ0) is 21.7. The number of hydrogen-bond donors (Lipinski definition) is 2. The fourth-order valence-corrected chi connectivity index (χ4v) is 3.88. The molecule has 0 fully saturated rings. The Balaban J connectivity index is 1.78. The second-order valence-corrected chi connectivity index (χ2v) is 7.66. The molecule has 1 heterocycles. The Morgan fingerprint density at radius 2 is 1.80 bits per heavy atom. The maximum absolute atomic E-state index is 13.3. The third-order valence-electron chi connectivity index (χ3n) is 4.64. The van der Waals surface area contributed by atoms with Gasteiger partial charge in [-0.1, -0.05) is 18.2 Å². The number of thiophene rings is 1. The highest BCUT2D eigenvalue weighted by Gasteiger charge is 2.22. The summed E-state index contributed by atoms with van der Waals surface area (Å²) in [5, 5.41) is 8.03. The SMILES string of the molecule is CCOC(=O)c1c(-c2ccc(F)cc2)csc1NC(=O)CNc1ccc(C)c(C)c1. The highest BCUT2D eigenvalue weighted by atomic mass is 32.1. The van der Waals surface area contributed by atoms with Crippen LogP contribution in [0.25, 0.3) is 11.1 Å². The summed E-state index contributed by atoms with van der Waals surface area (Å²) in [6.45, 7) is 6.01. The summed E-state index contributed by atoms with van der Waals surface area (Å²) in [7, 11) is 0. The summed E-state index contributed by atoms with van der Waals surface area (Å²) in [6, 6.07) is 11.7. The largest absolute Gasteiger partial charge is 0.462 e. The second kappa shape index (κ2) is 9.54. The lowest BCUT2D eigenvalue weighted by atomic mass is 10.0. The molecular weight excluding hydrogens is 403 g/mol. The fraction of sp³-hybridized carbons (Fsp3) is 0.217. The number of aryl methyl sites for hydroxylation is 2. The van der Waals surface area contributed by atoms with Crippen molar-refractivity contribution >= 4 is 33.9 Å². The minimum absolute atomic E-state index is 0.0501. The van der Waals surface area contributed by atoms with Gasteiger partial charge in [-0.15, -0.1) is 11.3 Å². The van der Waals surface area contributed by atoms with Crippen molar-refractivity contribution in [3.05, 3.63) is 70.4 Å². The molecule has 2 N–H and O–H groups in total. The van der Waals surface area contributed by atoms with Crippen LogP contribution in [-0.2, 0) is 9.53 Å². The number of rotatable bonds is 7. The minimum Gasteiger partial charge on any atom is -0.462 e. The Morgan fingerprint density at radius 1 is 1.07 bits per heavy atom. The van der Waals surface area contributed by atoms with E-state index in [4.69, 9.17) is 4.74 Å². The molecule has 0 saturated carbocycles. The fourth-order valence-electron chi connectivity index (χ4n) is 2.90. The molecule has 7 heteroatoms. The van der Waals surface area contributed by atoms with Crippen molar-refractivity contribution in [2.24, 2.45) is 0 Å². The van der Waals surface area contributed by atoms with Crippen molar-refractivity contribution in [1.29, 1.82) is 0 Å². The number of nitrogens with one attached hydrogen (secondary N) is 2. The van der Waals surface area contributed by atoms with Gasteiger partial charge < -0.3 is 15.4 Å². The molecule has 1 amide bonds. The number of anilines is 2. The molecule has 0 aliphatic carbocycles. The van der Waals surface area contributed by atoms with Gasteiger partial charge in [-0.2, -0.15) is 0 Å². The standard InChI is InChI=1S/C23H23FN2O3S/c1-4-29-23(28)21-19(16-6-8-17(24)9-7-16)13-30-22(21)26-20(27)12-25-18-10-5-14(2)15(3)11-18/h5-11,13,25H,4,12H2,1-3H3,(H,26,27). The lowest BCUT2D eigenvalue weighted by molar-refractivity contribution is -0.114. The van der Waals surface area contributed by atoms with Crippen LogP contribution in [0.3, 0.4) is 0 Å². The van der Waals surface area contributed by atoms with Crippen LogP contribution < -0.4 is 10.6 Å². The average Bonchev–Trinajstić information content (AvgIpc) is 3.13. The van der Waals surface area contributed by atoms with Gasteiger partial charge in [-0.3, -0.25) is 4.79 Å². The predicted molar refractivity (Wildman–Crippen MR) is 119 cm³/mol. The molecule has 3 rings (SSSR count). The first-order chi connectivity index (χ1) is 14.4. The van der Waals surface area contributed by atoms with E-state index in [9.17, 15) is 14.0 Å². The molecule has 2 aromatic carbocycles. The third-order valence-corrected chi connectivity index (χ3v) is 5.53. The first-order valence-electron chi connectivity index (χ1n) is 9.54. The van der Waals surface area contributed by atoms with Crippen LogP contribution in [0.4, 0.5) is 15.1 Å². The Labute approximate surface area is 178 Å². The zero-order valence-corrected chi connectivity index (χ0v) is 17.9. The molecule has 0 bridgehead atoms. The number of amides is 1. The highest BCUT2D eigenvalue weighted by Crippen LogP contribution is 2.36. The maximum Gasteiger partial charge on any atom is 0.341 e. The first kappa shape index (κ1) is 21.5. The Hall–Kier alpha value is -3.19. The monoisotopic (exact) mass is 426 g/mol. The van der Waals surface area contributed by atoms with Gasteiger partial charge in [0.25, 0.3) is 0 Å². The summed E-state index contributed by atoms with van der Waals surface area (Å²) in [5.41, 5.74) is 4.69. The van der Waals surface area contributed by atoms with E-state index in [-0.39, 0.29) is 30.4 Å². The number of carbonyl (C=O) groups excluding carboxylic acids is 2. The van der Waals surface area contributed by atoms with Crippen LogP contribution in [0.5, 0.6) is 0 Å². The molecule has 0 unspecified atom stereocenters. The zero-order valence-electron chi connectivity index (χ0n) is 17.0. The van der Waals surface area contributed by atoms with Crippen LogP contribution in [0.1, 0.15) is 28.4 Å². The molecule has 0 saturated heterocycles. The van der Waals surface area contributed by atoms with E-state index in [2.05, 4.69) is 10.6 Å². The van der Waals surface area contributed by atoms with E-state index in [0.717, 1.165) is 11.3 Å². The van der Waals surface area contributed by atoms with Gasteiger partial charge in [-0.25, -0.2) is 9.18 Å². The van der Waals surface area contributed by atoms with Gasteiger partial charge in [0.2, 0.25) is 5.91 Å². The summed E-state index contributed by atoms with van der Waals surface area (Å²) in [6.07, 6.45) is 0. The predicted octanol–water partition coefficient (Wildman–Crippen LogP) is 5.40. The van der Waals surface area contributed by atoms with E-state index < -0.39 is 5.97 Å². The molecule has 0 radical (unpaired) electrons. The quantitative estimate of drug-likeness (QED) is 0.497. The Bertz CT molecular complexity index is 1060. The van der Waals surface area contributed by atoms with E-state index in [1.165, 1.54) is 29.0 Å². The van der Waals surface area contributed by atoms with Crippen LogP contribution in [0.15, 0.2) is 47.8 Å². The van der Waals surface area contributed by atoms with E-state index in [1.54, 1.807) is 24.4 Å². The Morgan fingerprint density at radius 3 is 2.47 bits per heavy atom. The van der Waals surface area contributed by atoms with Crippen LogP contribution in [-0.4, -0.2) is 25.0 Å². The topological polar surface area (TPSA) is 67.4 Å². The molecule has 1 aromatic heterocycles. The normalized spacial score (nSPS) is 10.5. The van der Waals surface area contributed by atoms with Gasteiger partial charge in [0, 0.05) is 16.6 Å².